The number of rotatable bonds is 4. The van der Waals surface area contributed by atoms with Crippen LogP contribution in [0.15, 0.2) is 4.52 Å². The summed E-state index contributed by atoms with van der Waals surface area (Å²) in [6.45, 7) is 1.69. The lowest BCUT2D eigenvalue weighted by molar-refractivity contribution is 0.340. The van der Waals surface area contributed by atoms with Crippen LogP contribution in [0.3, 0.4) is 0 Å². The Kier molecular flexibility index (Phi) is 4.01. The number of nitrogens with zero attached hydrogens (tertiary/aromatic N) is 2. The van der Waals surface area contributed by atoms with Gasteiger partial charge in [0.05, 0.1) is 12.3 Å². The molecule has 1 aliphatic carbocycles. The van der Waals surface area contributed by atoms with E-state index in [-0.39, 0.29) is 0 Å². The summed E-state index contributed by atoms with van der Waals surface area (Å²) in [6, 6.07) is -0.482. The monoisotopic (exact) mass is 273 g/mol. The molecular weight excluding hydrogens is 254 g/mol. The highest BCUT2D eigenvalue weighted by Gasteiger charge is 2.23. The summed E-state index contributed by atoms with van der Waals surface area (Å²) in [6.07, 6.45) is 6.96. The maximum Gasteiger partial charge on any atom is 0.244 e. The molecule has 6 nitrogen and oxygen atoms in total. The van der Waals surface area contributed by atoms with Gasteiger partial charge in [-0.2, -0.15) is 4.98 Å². The van der Waals surface area contributed by atoms with Gasteiger partial charge in [-0.25, -0.2) is 13.1 Å². The average Bonchev–Trinajstić information content (AvgIpc) is 2.77. The third kappa shape index (κ3) is 3.52. The average molecular weight is 273 g/mol. The second-order valence-electron chi connectivity index (χ2n) is 4.94. The molecule has 1 aliphatic rings. The van der Waals surface area contributed by atoms with E-state index in [2.05, 4.69) is 14.9 Å². The van der Waals surface area contributed by atoms with E-state index in [0.717, 1.165) is 19.1 Å². The molecular formula is C11H19N3O3S. The van der Waals surface area contributed by atoms with Gasteiger partial charge in [0.2, 0.25) is 15.9 Å². The largest absolute Gasteiger partial charge is 0.338 e. The predicted molar refractivity (Wildman–Crippen MR) is 66.5 cm³/mol. The van der Waals surface area contributed by atoms with Crippen LogP contribution < -0.4 is 4.72 Å². The number of aromatic nitrogens is 2. The van der Waals surface area contributed by atoms with E-state index >= 15 is 0 Å². The highest BCUT2D eigenvalue weighted by atomic mass is 32.2. The van der Waals surface area contributed by atoms with E-state index in [1.54, 1.807) is 6.92 Å². The highest BCUT2D eigenvalue weighted by Crippen LogP contribution is 2.31. The third-order valence-corrected chi connectivity index (χ3v) is 3.97. The van der Waals surface area contributed by atoms with Crippen LogP contribution in [0.2, 0.25) is 0 Å². The molecule has 1 fully saturated rings. The van der Waals surface area contributed by atoms with Crippen LogP contribution in [-0.4, -0.2) is 24.8 Å². The number of hydrogen-bond acceptors (Lipinski definition) is 5. The maximum atomic E-state index is 11.1. The van der Waals surface area contributed by atoms with Crippen molar-refractivity contribution in [3.8, 4) is 0 Å². The number of nitrogens with one attached hydrogen (secondary N) is 1. The summed E-state index contributed by atoms with van der Waals surface area (Å²) in [4.78, 5) is 4.31. The molecule has 0 saturated heterocycles. The van der Waals surface area contributed by atoms with Gasteiger partial charge in [0.1, 0.15) is 0 Å². The molecule has 18 heavy (non-hydrogen) atoms. The van der Waals surface area contributed by atoms with Gasteiger partial charge in [0.25, 0.3) is 0 Å². The fourth-order valence-corrected chi connectivity index (χ4v) is 3.06. The van der Waals surface area contributed by atoms with Gasteiger partial charge in [-0.05, 0) is 19.8 Å². The second-order valence-corrected chi connectivity index (χ2v) is 6.72. The van der Waals surface area contributed by atoms with Gasteiger partial charge in [-0.15, -0.1) is 0 Å². The molecule has 1 aromatic heterocycles. The number of hydrogen-bond donors (Lipinski definition) is 1. The van der Waals surface area contributed by atoms with Crippen molar-refractivity contribution in [1.29, 1.82) is 0 Å². The molecule has 1 N–H and O–H groups in total. The van der Waals surface area contributed by atoms with Crippen molar-refractivity contribution in [2.45, 2.75) is 51.0 Å². The molecule has 1 aromatic rings. The van der Waals surface area contributed by atoms with Crippen molar-refractivity contribution in [3.63, 3.8) is 0 Å². The summed E-state index contributed by atoms with van der Waals surface area (Å²) in [5, 5.41) is 3.97. The molecule has 1 saturated carbocycles. The fourth-order valence-electron chi connectivity index (χ4n) is 2.32. The van der Waals surface area contributed by atoms with Gasteiger partial charge >= 0.3 is 0 Å². The maximum absolute atomic E-state index is 11.1. The molecule has 0 amide bonds. The van der Waals surface area contributed by atoms with Crippen molar-refractivity contribution in [3.05, 3.63) is 11.7 Å². The first kappa shape index (κ1) is 13.5. The standard InChI is InChI=1S/C11H19N3O3S/c1-8(14-18(2,15)16)11-12-10(13-17-11)9-6-4-3-5-7-9/h8-9,14H,3-7H2,1-2H3. The summed E-state index contributed by atoms with van der Waals surface area (Å²) >= 11 is 0. The predicted octanol–water partition coefficient (Wildman–Crippen LogP) is 1.73. The van der Waals surface area contributed by atoms with Crippen LogP contribution in [0.4, 0.5) is 0 Å². The van der Waals surface area contributed by atoms with Crippen LogP contribution in [-0.2, 0) is 10.0 Å². The van der Waals surface area contributed by atoms with Crippen LogP contribution >= 0.6 is 0 Å². The summed E-state index contributed by atoms with van der Waals surface area (Å²) in [5.41, 5.74) is 0. The minimum absolute atomic E-state index is 0.334. The SMILES string of the molecule is CC(NS(C)(=O)=O)c1nc(C2CCCCC2)no1. The Morgan fingerprint density at radius 3 is 2.61 bits per heavy atom. The first-order chi connectivity index (χ1) is 8.46. The number of sulfonamides is 1. The fraction of sp³-hybridized carbons (Fsp3) is 0.818. The molecule has 0 radical (unpaired) electrons. The molecule has 2 rings (SSSR count). The molecule has 0 bridgehead atoms. The van der Waals surface area contributed by atoms with Crippen molar-refractivity contribution in [2.24, 2.45) is 0 Å². The summed E-state index contributed by atoms with van der Waals surface area (Å²) < 4.78 is 29.8. The minimum Gasteiger partial charge on any atom is -0.338 e. The molecule has 0 spiro atoms. The van der Waals surface area contributed by atoms with Gasteiger partial charge in [0, 0.05) is 5.92 Å². The molecule has 0 aliphatic heterocycles. The van der Waals surface area contributed by atoms with Crippen molar-refractivity contribution in [1.82, 2.24) is 14.9 Å². The summed E-state index contributed by atoms with van der Waals surface area (Å²) in [5.74, 6) is 1.41. The minimum atomic E-state index is -3.26. The van der Waals surface area contributed by atoms with E-state index in [1.165, 1.54) is 19.3 Å². The Hall–Kier alpha value is -0.950. The van der Waals surface area contributed by atoms with E-state index < -0.39 is 16.1 Å². The third-order valence-electron chi connectivity index (χ3n) is 3.19. The van der Waals surface area contributed by atoms with Gasteiger partial charge in [0.15, 0.2) is 5.82 Å². The summed E-state index contributed by atoms with van der Waals surface area (Å²) in [7, 11) is -3.26. The van der Waals surface area contributed by atoms with Gasteiger partial charge < -0.3 is 4.52 Å². The zero-order chi connectivity index (χ0) is 13.2. The lowest BCUT2D eigenvalue weighted by atomic mass is 9.89. The van der Waals surface area contributed by atoms with E-state index in [4.69, 9.17) is 4.52 Å². The lowest BCUT2D eigenvalue weighted by Gasteiger charge is -2.17. The van der Waals surface area contributed by atoms with Gasteiger partial charge in [-0.3, -0.25) is 0 Å². The van der Waals surface area contributed by atoms with Crippen molar-refractivity contribution in [2.75, 3.05) is 6.26 Å². The van der Waals surface area contributed by atoms with Crippen molar-refractivity contribution < 1.29 is 12.9 Å². The topological polar surface area (TPSA) is 85.1 Å². The Bertz CT molecular complexity index is 491. The Labute approximate surface area is 107 Å². The molecule has 1 unspecified atom stereocenters. The van der Waals surface area contributed by atoms with Crippen LogP contribution in [0.25, 0.3) is 0 Å². The lowest BCUT2D eigenvalue weighted by Crippen LogP contribution is -2.25. The van der Waals surface area contributed by atoms with E-state index in [9.17, 15) is 8.42 Å². The Morgan fingerprint density at radius 1 is 1.33 bits per heavy atom. The molecule has 102 valence electrons. The molecule has 1 atom stereocenters. The quantitative estimate of drug-likeness (QED) is 0.903. The first-order valence-electron chi connectivity index (χ1n) is 6.26. The Morgan fingerprint density at radius 2 is 2.00 bits per heavy atom. The van der Waals surface area contributed by atoms with Crippen molar-refractivity contribution >= 4 is 10.0 Å². The Balaban J connectivity index is 2.05. The zero-order valence-electron chi connectivity index (χ0n) is 10.7. The van der Waals surface area contributed by atoms with E-state index in [0.29, 0.717) is 17.6 Å². The second kappa shape index (κ2) is 5.36. The molecule has 0 aromatic carbocycles. The van der Waals surface area contributed by atoms with Gasteiger partial charge in [-0.1, -0.05) is 24.4 Å². The molecule has 1 heterocycles. The molecule has 7 heteroatoms. The normalized spacial score (nSPS) is 19.9. The van der Waals surface area contributed by atoms with Crippen LogP contribution in [0, 0.1) is 0 Å². The van der Waals surface area contributed by atoms with E-state index in [1.807, 2.05) is 0 Å². The first-order valence-corrected chi connectivity index (χ1v) is 8.15. The smallest absolute Gasteiger partial charge is 0.244 e. The van der Waals surface area contributed by atoms with Crippen LogP contribution in [0.5, 0.6) is 0 Å². The zero-order valence-corrected chi connectivity index (χ0v) is 11.5. The highest BCUT2D eigenvalue weighted by molar-refractivity contribution is 7.88. The van der Waals surface area contributed by atoms with Crippen LogP contribution in [0.1, 0.15) is 62.7 Å².